The number of halogens is 3. The second kappa shape index (κ2) is 11.2. The number of carbonyl (C=O) groups excluding carboxylic acids is 2. The number of hydrogen-bond acceptors (Lipinski definition) is 7. The first kappa shape index (κ1) is 26.7. The van der Waals surface area contributed by atoms with Crippen molar-refractivity contribution in [1.82, 2.24) is 14.8 Å². The van der Waals surface area contributed by atoms with Gasteiger partial charge < -0.3 is 15.2 Å². The van der Waals surface area contributed by atoms with Crippen LogP contribution in [0.25, 0.3) is 0 Å². The highest BCUT2D eigenvalue weighted by Gasteiger charge is 2.30. The average molecular weight is 523 g/mol. The molecule has 1 heterocycles. The molecule has 2 amide bonds. The van der Waals surface area contributed by atoms with Gasteiger partial charge in [0.1, 0.15) is 5.82 Å². The van der Waals surface area contributed by atoms with E-state index in [9.17, 15) is 32.9 Å². The van der Waals surface area contributed by atoms with Gasteiger partial charge in [0, 0.05) is 29.5 Å². The van der Waals surface area contributed by atoms with E-state index in [1.54, 1.807) is 24.5 Å². The van der Waals surface area contributed by atoms with Crippen LogP contribution in [-0.4, -0.2) is 37.3 Å². The number of nitrogens with zero attached hydrogens (tertiary/aromatic N) is 4. The van der Waals surface area contributed by atoms with Gasteiger partial charge in [0.15, 0.2) is 5.16 Å². The SMILES string of the molecule is CCn1c(CC(=O)Nc2cccc(C(F)(F)F)c2)nnc1SCC(=O)Nc1ccc(C)c([N+](=O)[O-])c1. The summed E-state index contributed by atoms with van der Waals surface area (Å²) in [7, 11) is 0. The lowest BCUT2D eigenvalue weighted by Crippen LogP contribution is -2.18. The number of hydrogen-bond donors (Lipinski definition) is 2. The molecule has 0 saturated carbocycles. The molecular formula is C22H21F3N6O4S. The lowest BCUT2D eigenvalue weighted by Gasteiger charge is -2.10. The van der Waals surface area contributed by atoms with Crippen LogP contribution in [0.5, 0.6) is 0 Å². The predicted octanol–water partition coefficient (Wildman–Crippen LogP) is 4.45. The lowest BCUT2D eigenvalue weighted by molar-refractivity contribution is -0.385. The Bertz CT molecular complexity index is 1300. The summed E-state index contributed by atoms with van der Waals surface area (Å²) in [4.78, 5) is 35.3. The third-order valence-corrected chi connectivity index (χ3v) is 5.89. The van der Waals surface area contributed by atoms with Gasteiger partial charge in [0.2, 0.25) is 11.8 Å². The molecule has 0 bridgehead atoms. The van der Waals surface area contributed by atoms with Gasteiger partial charge in [-0.1, -0.05) is 23.9 Å². The highest BCUT2D eigenvalue weighted by molar-refractivity contribution is 7.99. The topological polar surface area (TPSA) is 132 Å². The van der Waals surface area contributed by atoms with E-state index in [2.05, 4.69) is 20.8 Å². The standard InChI is InChI=1S/C22H21F3N6O4S/c1-3-30-18(11-19(32)26-15-6-4-5-14(9-15)22(23,24)25)28-29-21(30)36-12-20(33)27-16-8-7-13(2)17(10-16)31(34)35/h4-10H,3,11-12H2,1-2H3,(H,26,32)(H,27,33). The van der Waals surface area contributed by atoms with Crippen LogP contribution in [0.3, 0.4) is 0 Å². The number of amides is 2. The number of anilines is 2. The molecule has 0 unspecified atom stereocenters. The van der Waals surface area contributed by atoms with Crippen molar-refractivity contribution in [3.8, 4) is 0 Å². The minimum absolute atomic E-state index is 0.000000717. The molecule has 0 aliphatic carbocycles. The first-order valence-corrected chi connectivity index (χ1v) is 11.5. The summed E-state index contributed by atoms with van der Waals surface area (Å²) in [6, 6.07) is 8.65. The molecule has 36 heavy (non-hydrogen) atoms. The van der Waals surface area contributed by atoms with Crippen molar-refractivity contribution >= 4 is 40.6 Å². The van der Waals surface area contributed by atoms with Crippen LogP contribution in [-0.2, 0) is 28.7 Å². The minimum atomic E-state index is -4.53. The van der Waals surface area contributed by atoms with Crippen molar-refractivity contribution in [3.63, 3.8) is 0 Å². The summed E-state index contributed by atoms with van der Waals surface area (Å²) in [5, 5.41) is 24.4. The monoisotopic (exact) mass is 522 g/mol. The Kier molecular flexibility index (Phi) is 8.29. The summed E-state index contributed by atoms with van der Waals surface area (Å²) in [6.07, 6.45) is -4.77. The van der Waals surface area contributed by atoms with Crippen molar-refractivity contribution in [2.24, 2.45) is 0 Å². The van der Waals surface area contributed by atoms with Gasteiger partial charge in [-0.05, 0) is 38.1 Å². The number of nitrogens with one attached hydrogen (secondary N) is 2. The predicted molar refractivity (Wildman–Crippen MR) is 127 cm³/mol. The zero-order valence-corrected chi connectivity index (χ0v) is 19.9. The Morgan fingerprint density at radius 2 is 1.78 bits per heavy atom. The van der Waals surface area contributed by atoms with Crippen molar-refractivity contribution < 1.29 is 27.7 Å². The van der Waals surface area contributed by atoms with Crippen molar-refractivity contribution in [2.75, 3.05) is 16.4 Å². The number of nitro benzene ring substituents is 1. The number of carbonyl (C=O) groups is 2. The van der Waals surface area contributed by atoms with E-state index in [-0.39, 0.29) is 35.1 Å². The molecule has 0 fully saturated rings. The number of thioether (sulfide) groups is 1. The molecule has 190 valence electrons. The highest BCUT2D eigenvalue weighted by Crippen LogP contribution is 2.30. The molecule has 0 saturated heterocycles. The Hall–Kier alpha value is -3.94. The fourth-order valence-corrected chi connectivity index (χ4v) is 4.03. The normalized spacial score (nSPS) is 11.2. The number of benzene rings is 2. The fraction of sp³-hybridized carbons (Fsp3) is 0.273. The van der Waals surface area contributed by atoms with Crippen molar-refractivity contribution in [2.45, 2.75) is 38.1 Å². The summed E-state index contributed by atoms with van der Waals surface area (Å²) < 4.78 is 40.2. The Balaban J connectivity index is 1.61. The van der Waals surface area contributed by atoms with E-state index < -0.39 is 28.5 Å². The summed E-state index contributed by atoms with van der Waals surface area (Å²) in [6.45, 7) is 3.76. The van der Waals surface area contributed by atoms with Crippen LogP contribution in [0.15, 0.2) is 47.6 Å². The van der Waals surface area contributed by atoms with Gasteiger partial charge in [0.05, 0.1) is 22.7 Å². The molecule has 0 aliphatic rings. The zero-order chi connectivity index (χ0) is 26.5. The number of aromatic nitrogens is 3. The molecule has 0 atom stereocenters. The molecule has 10 nitrogen and oxygen atoms in total. The Morgan fingerprint density at radius 3 is 2.44 bits per heavy atom. The summed E-state index contributed by atoms with van der Waals surface area (Å²) >= 11 is 1.06. The van der Waals surface area contributed by atoms with Gasteiger partial charge >= 0.3 is 6.18 Å². The second-order valence-electron chi connectivity index (χ2n) is 7.54. The van der Waals surface area contributed by atoms with E-state index in [1.807, 2.05) is 0 Å². The fourth-order valence-electron chi connectivity index (χ4n) is 3.21. The third-order valence-electron chi connectivity index (χ3n) is 4.92. The molecule has 2 N–H and O–H groups in total. The number of nitro groups is 1. The van der Waals surface area contributed by atoms with E-state index in [0.29, 0.717) is 17.3 Å². The number of rotatable bonds is 9. The van der Waals surface area contributed by atoms with Crippen LogP contribution in [0.4, 0.5) is 30.2 Å². The highest BCUT2D eigenvalue weighted by atomic mass is 32.2. The third kappa shape index (κ3) is 6.81. The first-order chi connectivity index (χ1) is 17.0. The molecule has 1 aromatic heterocycles. The van der Waals surface area contributed by atoms with Crippen LogP contribution in [0.1, 0.15) is 23.9 Å². The summed E-state index contributed by atoms with van der Waals surface area (Å²) in [5.74, 6) is -0.797. The smallest absolute Gasteiger partial charge is 0.326 e. The maximum Gasteiger partial charge on any atom is 0.416 e. The maximum atomic E-state index is 12.9. The second-order valence-corrected chi connectivity index (χ2v) is 8.48. The lowest BCUT2D eigenvalue weighted by atomic mass is 10.2. The van der Waals surface area contributed by atoms with Gasteiger partial charge in [-0.2, -0.15) is 13.2 Å². The molecule has 3 rings (SSSR count). The molecule has 0 spiro atoms. The van der Waals surface area contributed by atoms with Gasteiger partial charge in [0.25, 0.3) is 5.69 Å². The maximum absolute atomic E-state index is 12.9. The molecule has 0 aliphatic heterocycles. The molecule has 2 aromatic carbocycles. The van der Waals surface area contributed by atoms with E-state index in [4.69, 9.17) is 0 Å². The quantitative estimate of drug-likeness (QED) is 0.241. The Labute approximate surface area is 207 Å². The summed E-state index contributed by atoms with van der Waals surface area (Å²) in [5.41, 5.74) is -0.247. The minimum Gasteiger partial charge on any atom is -0.326 e. The van der Waals surface area contributed by atoms with Gasteiger partial charge in [-0.25, -0.2) is 0 Å². The zero-order valence-electron chi connectivity index (χ0n) is 19.1. The first-order valence-electron chi connectivity index (χ1n) is 10.5. The van der Waals surface area contributed by atoms with Crippen LogP contribution >= 0.6 is 11.8 Å². The number of aryl methyl sites for hydroxylation is 1. The van der Waals surface area contributed by atoms with Crippen LogP contribution in [0.2, 0.25) is 0 Å². The van der Waals surface area contributed by atoms with Gasteiger partial charge in [-0.15, -0.1) is 10.2 Å². The van der Waals surface area contributed by atoms with E-state index in [0.717, 1.165) is 23.9 Å². The van der Waals surface area contributed by atoms with Crippen molar-refractivity contribution in [3.05, 3.63) is 69.5 Å². The van der Waals surface area contributed by atoms with Crippen LogP contribution in [0, 0.1) is 17.0 Å². The molecular weight excluding hydrogens is 501 g/mol. The van der Waals surface area contributed by atoms with E-state index >= 15 is 0 Å². The molecule has 0 radical (unpaired) electrons. The van der Waals surface area contributed by atoms with Crippen LogP contribution < -0.4 is 10.6 Å². The van der Waals surface area contributed by atoms with Crippen molar-refractivity contribution in [1.29, 1.82) is 0 Å². The average Bonchev–Trinajstić information content (AvgIpc) is 3.19. The molecule has 3 aromatic rings. The Morgan fingerprint density at radius 1 is 1.08 bits per heavy atom. The largest absolute Gasteiger partial charge is 0.416 e. The number of alkyl halides is 3. The van der Waals surface area contributed by atoms with E-state index in [1.165, 1.54) is 24.3 Å². The van der Waals surface area contributed by atoms with Gasteiger partial charge in [-0.3, -0.25) is 19.7 Å². The molecule has 14 heteroatoms.